The van der Waals surface area contributed by atoms with Crippen LogP contribution in [0.3, 0.4) is 0 Å². The number of carbonyl (C=O) groups excluding carboxylic acids is 1. The maximum atomic E-state index is 12.3. The molecule has 0 saturated heterocycles. The first kappa shape index (κ1) is 15.9. The van der Waals surface area contributed by atoms with Crippen LogP contribution in [0.5, 0.6) is 11.5 Å². The first-order valence-electron chi connectivity index (χ1n) is 7.62. The Morgan fingerprint density at radius 1 is 1.13 bits per heavy atom. The summed E-state index contributed by atoms with van der Waals surface area (Å²) in [6, 6.07) is 11.6. The molecule has 0 atom stereocenters. The number of hydrogen-bond donors (Lipinski definition) is 1. The largest absolute Gasteiger partial charge is 0.486 e. The lowest BCUT2D eigenvalue weighted by Crippen LogP contribution is -2.17. The quantitative estimate of drug-likeness (QED) is 0.879. The molecule has 3 rings (SSSR count). The number of ether oxygens (including phenoxy) is 2. The molecule has 0 aromatic heterocycles. The summed E-state index contributed by atoms with van der Waals surface area (Å²) in [6.45, 7) is 3.18. The van der Waals surface area contributed by atoms with Gasteiger partial charge in [-0.25, -0.2) is 0 Å². The van der Waals surface area contributed by atoms with Gasteiger partial charge in [0.25, 0.3) is 0 Å². The molecular weight excluding hydrogens is 358 g/mol. The highest BCUT2D eigenvalue weighted by Crippen LogP contribution is 2.35. The molecule has 2 aromatic carbocycles. The van der Waals surface area contributed by atoms with Crippen LogP contribution < -0.4 is 14.8 Å². The number of anilines is 1. The van der Waals surface area contributed by atoms with E-state index in [0.29, 0.717) is 24.7 Å². The van der Waals surface area contributed by atoms with Gasteiger partial charge in [0, 0.05) is 10.2 Å². The molecule has 120 valence electrons. The molecule has 1 heterocycles. The second-order valence-electron chi connectivity index (χ2n) is 5.36. The molecule has 0 radical (unpaired) electrons. The van der Waals surface area contributed by atoms with Gasteiger partial charge in [-0.3, -0.25) is 4.79 Å². The predicted octanol–water partition coefficient (Wildman–Crippen LogP) is 3.96. The van der Waals surface area contributed by atoms with Crippen molar-refractivity contribution in [3.05, 3.63) is 52.0 Å². The fraction of sp³-hybridized carbons (Fsp3) is 0.278. The minimum Gasteiger partial charge on any atom is -0.486 e. The molecule has 1 aliphatic heterocycles. The van der Waals surface area contributed by atoms with Crippen LogP contribution >= 0.6 is 15.9 Å². The van der Waals surface area contributed by atoms with Crippen molar-refractivity contribution in [2.24, 2.45) is 0 Å². The van der Waals surface area contributed by atoms with Gasteiger partial charge in [-0.05, 0) is 41.8 Å². The number of rotatable bonds is 4. The maximum Gasteiger partial charge on any atom is 0.228 e. The Kier molecular flexibility index (Phi) is 4.86. The monoisotopic (exact) mass is 375 g/mol. The van der Waals surface area contributed by atoms with E-state index in [9.17, 15) is 4.79 Å². The van der Waals surface area contributed by atoms with Gasteiger partial charge in [-0.2, -0.15) is 0 Å². The van der Waals surface area contributed by atoms with Crippen molar-refractivity contribution >= 4 is 27.5 Å². The van der Waals surface area contributed by atoms with Crippen molar-refractivity contribution in [1.29, 1.82) is 0 Å². The fourth-order valence-electron chi connectivity index (χ4n) is 2.44. The highest BCUT2D eigenvalue weighted by Gasteiger charge is 2.16. The van der Waals surface area contributed by atoms with Crippen LogP contribution in [0.15, 0.2) is 40.9 Å². The second-order valence-corrected chi connectivity index (χ2v) is 6.22. The molecule has 0 bridgehead atoms. The minimum absolute atomic E-state index is 0.0633. The van der Waals surface area contributed by atoms with E-state index in [1.54, 1.807) is 0 Å². The number of fused-ring (bicyclic) bond motifs is 1. The molecule has 1 N–H and O–H groups in total. The van der Waals surface area contributed by atoms with Crippen molar-refractivity contribution in [1.82, 2.24) is 0 Å². The van der Waals surface area contributed by atoms with E-state index in [1.165, 1.54) is 5.56 Å². The molecule has 2 aromatic rings. The molecule has 0 fully saturated rings. The summed E-state index contributed by atoms with van der Waals surface area (Å²) in [6.07, 6.45) is 1.26. The maximum absolute atomic E-state index is 12.3. The lowest BCUT2D eigenvalue weighted by molar-refractivity contribution is -0.115. The average molecular weight is 376 g/mol. The SMILES string of the molecule is CCc1ccc(NC(=O)Cc2cc3c(cc2Br)OCCO3)cc1. The normalized spacial score (nSPS) is 12.8. The van der Waals surface area contributed by atoms with Crippen molar-refractivity contribution in [3.63, 3.8) is 0 Å². The topological polar surface area (TPSA) is 47.6 Å². The molecule has 1 aliphatic rings. The van der Waals surface area contributed by atoms with Gasteiger partial charge in [-0.15, -0.1) is 0 Å². The summed E-state index contributed by atoms with van der Waals surface area (Å²) < 4.78 is 11.9. The zero-order chi connectivity index (χ0) is 16.2. The Morgan fingerprint density at radius 2 is 1.78 bits per heavy atom. The van der Waals surface area contributed by atoms with Crippen LogP contribution in [0.2, 0.25) is 0 Å². The van der Waals surface area contributed by atoms with Crippen molar-refractivity contribution in [3.8, 4) is 11.5 Å². The molecule has 0 unspecified atom stereocenters. The van der Waals surface area contributed by atoms with Gasteiger partial charge in [-0.1, -0.05) is 35.0 Å². The summed E-state index contributed by atoms with van der Waals surface area (Å²) in [5.41, 5.74) is 2.93. The van der Waals surface area contributed by atoms with Crippen LogP contribution in [-0.2, 0) is 17.6 Å². The smallest absolute Gasteiger partial charge is 0.228 e. The molecule has 4 nitrogen and oxygen atoms in total. The number of amides is 1. The molecular formula is C18H18BrNO3. The van der Waals surface area contributed by atoms with Gasteiger partial charge in [0.2, 0.25) is 5.91 Å². The summed E-state index contributed by atoms with van der Waals surface area (Å²) in [7, 11) is 0. The Bertz CT molecular complexity index is 713. The zero-order valence-corrected chi connectivity index (χ0v) is 14.5. The van der Waals surface area contributed by atoms with E-state index < -0.39 is 0 Å². The van der Waals surface area contributed by atoms with E-state index in [4.69, 9.17) is 9.47 Å². The van der Waals surface area contributed by atoms with Gasteiger partial charge >= 0.3 is 0 Å². The van der Waals surface area contributed by atoms with E-state index >= 15 is 0 Å². The summed E-state index contributed by atoms with van der Waals surface area (Å²) in [5, 5.41) is 2.92. The second kappa shape index (κ2) is 7.04. The van der Waals surface area contributed by atoms with E-state index in [1.807, 2.05) is 36.4 Å². The third-order valence-electron chi connectivity index (χ3n) is 3.71. The third-order valence-corrected chi connectivity index (χ3v) is 4.45. The predicted molar refractivity (Wildman–Crippen MR) is 93.3 cm³/mol. The van der Waals surface area contributed by atoms with Crippen LogP contribution in [0.4, 0.5) is 5.69 Å². The standard InChI is InChI=1S/C18H18BrNO3/c1-2-12-3-5-14(6-4-12)20-18(21)10-13-9-16-17(11-15(13)19)23-8-7-22-16/h3-6,9,11H,2,7-8,10H2,1H3,(H,20,21). The van der Waals surface area contributed by atoms with Crippen molar-refractivity contribution in [2.75, 3.05) is 18.5 Å². The number of nitrogens with one attached hydrogen (secondary N) is 1. The van der Waals surface area contributed by atoms with Crippen molar-refractivity contribution < 1.29 is 14.3 Å². The Balaban J connectivity index is 1.69. The Morgan fingerprint density at radius 3 is 2.43 bits per heavy atom. The molecule has 0 saturated carbocycles. The summed E-state index contributed by atoms with van der Waals surface area (Å²) in [4.78, 5) is 12.3. The first-order chi connectivity index (χ1) is 11.2. The van der Waals surface area contributed by atoms with Gasteiger partial charge in [0.05, 0.1) is 6.42 Å². The Labute approximate surface area is 143 Å². The Hall–Kier alpha value is -2.01. The first-order valence-corrected chi connectivity index (χ1v) is 8.42. The zero-order valence-electron chi connectivity index (χ0n) is 12.9. The van der Waals surface area contributed by atoms with E-state index in [2.05, 4.69) is 28.2 Å². The van der Waals surface area contributed by atoms with Crippen LogP contribution in [-0.4, -0.2) is 19.1 Å². The molecule has 5 heteroatoms. The number of aryl methyl sites for hydroxylation is 1. The highest BCUT2D eigenvalue weighted by molar-refractivity contribution is 9.10. The molecule has 0 aliphatic carbocycles. The minimum atomic E-state index is -0.0633. The molecule has 0 spiro atoms. The van der Waals surface area contributed by atoms with Crippen LogP contribution in [0.25, 0.3) is 0 Å². The average Bonchev–Trinajstić information content (AvgIpc) is 2.56. The summed E-state index contributed by atoms with van der Waals surface area (Å²) in [5.74, 6) is 1.34. The van der Waals surface area contributed by atoms with E-state index in [0.717, 1.165) is 22.1 Å². The number of carbonyl (C=O) groups is 1. The third kappa shape index (κ3) is 3.85. The summed E-state index contributed by atoms with van der Waals surface area (Å²) >= 11 is 3.49. The lowest BCUT2D eigenvalue weighted by atomic mass is 10.1. The number of halogens is 1. The highest BCUT2D eigenvalue weighted by atomic mass is 79.9. The van der Waals surface area contributed by atoms with E-state index in [-0.39, 0.29) is 12.3 Å². The van der Waals surface area contributed by atoms with Crippen LogP contribution in [0.1, 0.15) is 18.1 Å². The van der Waals surface area contributed by atoms with Gasteiger partial charge in [0.15, 0.2) is 11.5 Å². The fourth-order valence-corrected chi connectivity index (χ4v) is 2.91. The number of hydrogen-bond acceptors (Lipinski definition) is 3. The molecule has 1 amide bonds. The lowest BCUT2D eigenvalue weighted by Gasteiger charge is -2.19. The molecule has 23 heavy (non-hydrogen) atoms. The van der Waals surface area contributed by atoms with Gasteiger partial charge in [0.1, 0.15) is 13.2 Å². The van der Waals surface area contributed by atoms with Gasteiger partial charge < -0.3 is 14.8 Å². The van der Waals surface area contributed by atoms with Crippen LogP contribution in [0, 0.1) is 0 Å². The van der Waals surface area contributed by atoms with Crippen molar-refractivity contribution in [2.45, 2.75) is 19.8 Å². The number of benzene rings is 2.